The Hall–Kier alpha value is -2.75. The lowest BCUT2D eigenvalue weighted by molar-refractivity contribution is 0.104. The number of benzene rings is 2. The number of hydrogen-bond donors (Lipinski definition) is 1. The summed E-state index contributed by atoms with van der Waals surface area (Å²) in [5.41, 5.74) is 1.29. The van der Waals surface area contributed by atoms with Crippen molar-refractivity contribution in [2.75, 3.05) is 14.2 Å². The zero-order valence-electron chi connectivity index (χ0n) is 11.9. The monoisotopic (exact) mass is 284 g/mol. The molecular weight excluding hydrogens is 268 g/mol. The van der Waals surface area contributed by atoms with Crippen molar-refractivity contribution in [1.82, 2.24) is 0 Å². The molecule has 0 aliphatic heterocycles. The second kappa shape index (κ2) is 6.61. The molecule has 0 fully saturated rings. The minimum Gasteiger partial charge on any atom is -0.504 e. The first-order valence-electron chi connectivity index (χ1n) is 6.37. The van der Waals surface area contributed by atoms with Crippen LogP contribution in [0.15, 0.2) is 48.5 Å². The molecule has 4 nitrogen and oxygen atoms in total. The molecule has 0 aliphatic carbocycles. The lowest BCUT2D eigenvalue weighted by Gasteiger charge is -2.04. The Labute approximate surface area is 123 Å². The topological polar surface area (TPSA) is 55.8 Å². The third-order valence-corrected chi connectivity index (χ3v) is 3.01. The van der Waals surface area contributed by atoms with Crippen LogP contribution in [-0.2, 0) is 0 Å². The lowest BCUT2D eigenvalue weighted by atomic mass is 10.1. The first-order chi connectivity index (χ1) is 10.1. The van der Waals surface area contributed by atoms with E-state index in [4.69, 9.17) is 9.47 Å². The molecule has 0 heterocycles. The van der Waals surface area contributed by atoms with Crippen molar-refractivity contribution >= 4 is 11.9 Å². The van der Waals surface area contributed by atoms with Crippen molar-refractivity contribution in [2.24, 2.45) is 0 Å². The summed E-state index contributed by atoms with van der Waals surface area (Å²) in [5.74, 6) is 0.856. The van der Waals surface area contributed by atoms with E-state index in [9.17, 15) is 9.90 Å². The molecule has 4 heteroatoms. The highest BCUT2D eigenvalue weighted by Crippen LogP contribution is 2.26. The van der Waals surface area contributed by atoms with Gasteiger partial charge in [-0.1, -0.05) is 18.2 Å². The van der Waals surface area contributed by atoms with E-state index in [0.29, 0.717) is 11.3 Å². The Kier molecular flexibility index (Phi) is 4.61. The third-order valence-electron chi connectivity index (χ3n) is 3.01. The van der Waals surface area contributed by atoms with Gasteiger partial charge in [-0.15, -0.1) is 0 Å². The van der Waals surface area contributed by atoms with Crippen LogP contribution in [0.25, 0.3) is 6.08 Å². The van der Waals surface area contributed by atoms with Gasteiger partial charge in [-0.2, -0.15) is 0 Å². The van der Waals surface area contributed by atoms with E-state index in [1.807, 2.05) is 24.3 Å². The molecule has 0 aromatic heterocycles. The lowest BCUT2D eigenvalue weighted by Crippen LogP contribution is -1.94. The summed E-state index contributed by atoms with van der Waals surface area (Å²) in [5, 5.41) is 9.67. The molecular formula is C17H16O4. The fourth-order valence-electron chi connectivity index (χ4n) is 1.83. The summed E-state index contributed by atoms with van der Waals surface area (Å²) in [6.07, 6.45) is 3.17. The fourth-order valence-corrected chi connectivity index (χ4v) is 1.83. The standard InChI is InChI=1S/C17H16O4/c1-20-14-7-3-12(4-8-14)5-9-15(18)13-6-10-17(21-2)16(19)11-13/h3-11,19H,1-2H3/b9-5+. The number of aromatic hydroxyl groups is 1. The van der Waals surface area contributed by atoms with Crippen LogP contribution in [0.4, 0.5) is 0 Å². The predicted octanol–water partition coefficient (Wildman–Crippen LogP) is 3.31. The number of methoxy groups -OCH3 is 2. The van der Waals surface area contributed by atoms with E-state index in [0.717, 1.165) is 11.3 Å². The SMILES string of the molecule is COc1ccc(/C=C/C(=O)c2ccc(OC)c(O)c2)cc1. The molecule has 0 atom stereocenters. The van der Waals surface area contributed by atoms with Crippen LogP contribution in [0.2, 0.25) is 0 Å². The summed E-state index contributed by atoms with van der Waals surface area (Å²) in [7, 11) is 3.06. The number of allylic oxidation sites excluding steroid dienone is 1. The molecule has 0 amide bonds. The summed E-state index contributed by atoms with van der Waals surface area (Å²) in [4.78, 5) is 12.0. The van der Waals surface area contributed by atoms with Crippen molar-refractivity contribution < 1.29 is 19.4 Å². The summed E-state index contributed by atoms with van der Waals surface area (Å²) in [6.45, 7) is 0. The van der Waals surface area contributed by atoms with Gasteiger partial charge in [-0.25, -0.2) is 0 Å². The van der Waals surface area contributed by atoms with Crippen LogP contribution >= 0.6 is 0 Å². The molecule has 0 saturated heterocycles. The number of hydrogen-bond acceptors (Lipinski definition) is 4. The summed E-state index contributed by atoms with van der Waals surface area (Å²) >= 11 is 0. The summed E-state index contributed by atoms with van der Waals surface area (Å²) in [6, 6.07) is 11.9. The number of phenols is 1. The van der Waals surface area contributed by atoms with Crippen LogP contribution in [0.3, 0.4) is 0 Å². The first kappa shape index (κ1) is 14.7. The van der Waals surface area contributed by atoms with Crippen molar-refractivity contribution in [3.05, 3.63) is 59.7 Å². The van der Waals surface area contributed by atoms with Crippen LogP contribution < -0.4 is 9.47 Å². The number of rotatable bonds is 5. The molecule has 0 saturated carbocycles. The molecule has 0 unspecified atom stereocenters. The fraction of sp³-hybridized carbons (Fsp3) is 0.118. The zero-order valence-corrected chi connectivity index (χ0v) is 11.9. The van der Waals surface area contributed by atoms with Gasteiger partial charge in [-0.05, 0) is 42.0 Å². The van der Waals surface area contributed by atoms with Crippen molar-refractivity contribution in [2.45, 2.75) is 0 Å². The minimum absolute atomic E-state index is 0.0544. The number of carbonyl (C=O) groups is 1. The molecule has 21 heavy (non-hydrogen) atoms. The van der Waals surface area contributed by atoms with E-state index in [1.54, 1.807) is 25.3 Å². The Morgan fingerprint density at radius 1 is 1.05 bits per heavy atom. The van der Waals surface area contributed by atoms with Crippen LogP contribution in [0.5, 0.6) is 17.2 Å². The minimum atomic E-state index is -0.191. The molecule has 0 bridgehead atoms. The Morgan fingerprint density at radius 2 is 1.76 bits per heavy atom. The molecule has 2 aromatic rings. The van der Waals surface area contributed by atoms with Gasteiger partial charge < -0.3 is 14.6 Å². The smallest absolute Gasteiger partial charge is 0.185 e. The Bertz CT molecular complexity index is 657. The summed E-state index contributed by atoms with van der Waals surface area (Å²) < 4.78 is 10.0. The second-order valence-corrected chi connectivity index (χ2v) is 4.36. The zero-order chi connectivity index (χ0) is 15.2. The third kappa shape index (κ3) is 3.63. The molecule has 0 aliphatic rings. The van der Waals surface area contributed by atoms with Crippen molar-refractivity contribution in [1.29, 1.82) is 0 Å². The quantitative estimate of drug-likeness (QED) is 0.676. The Morgan fingerprint density at radius 3 is 2.33 bits per heavy atom. The molecule has 108 valence electrons. The van der Waals surface area contributed by atoms with Crippen molar-refractivity contribution in [3.63, 3.8) is 0 Å². The highest BCUT2D eigenvalue weighted by molar-refractivity contribution is 6.07. The van der Waals surface area contributed by atoms with Gasteiger partial charge in [0.1, 0.15) is 5.75 Å². The average Bonchev–Trinajstić information content (AvgIpc) is 2.53. The molecule has 0 radical (unpaired) electrons. The largest absolute Gasteiger partial charge is 0.504 e. The van der Waals surface area contributed by atoms with E-state index in [1.165, 1.54) is 19.3 Å². The van der Waals surface area contributed by atoms with Gasteiger partial charge in [0.15, 0.2) is 17.3 Å². The highest BCUT2D eigenvalue weighted by Gasteiger charge is 2.07. The average molecular weight is 284 g/mol. The number of carbonyl (C=O) groups excluding carboxylic acids is 1. The van der Waals surface area contributed by atoms with Gasteiger partial charge in [-0.3, -0.25) is 4.79 Å². The number of ether oxygens (including phenoxy) is 2. The first-order valence-corrected chi connectivity index (χ1v) is 6.37. The highest BCUT2D eigenvalue weighted by atomic mass is 16.5. The maximum absolute atomic E-state index is 12.0. The van der Waals surface area contributed by atoms with Crippen molar-refractivity contribution in [3.8, 4) is 17.2 Å². The molecule has 2 aromatic carbocycles. The van der Waals surface area contributed by atoms with Crippen LogP contribution in [-0.4, -0.2) is 25.1 Å². The molecule has 0 spiro atoms. The van der Waals surface area contributed by atoms with Gasteiger partial charge in [0.05, 0.1) is 14.2 Å². The molecule has 2 rings (SSSR count). The van der Waals surface area contributed by atoms with E-state index in [-0.39, 0.29) is 11.5 Å². The normalized spacial score (nSPS) is 10.6. The van der Waals surface area contributed by atoms with Crippen LogP contribution in [0, 0.1) is 0 Å². The van der Waals surface area contributed by atoms with E-state index in [2.05, 4.69) is 0 Å². The maximum Gasteiger partial charge on any atom is 0.185 e. The second-order valence-electron chi connectivity index (χ2n) is 4.36. The van der Waals surface area contributed by atoms with Gasteiger partial charge in [0.25, 0.3) is 0 Å². The maximum atomic E-state index is 12.0. The van der Waals surface area contributed by atoms with E-state index >= 15 is 0 Å². The van der Waals surface area contributed by atoms with Gasteiger partial charge >= 0.3 is 0 Å². The van der Waals surface area contributed by atoms with E-state index < -0.39 is 0 Å². The number of phenolic OH excluding ortho intramolecular Hbond substituents is 1. The van der Waals surface area contributed by atoms with Crippen LogP contribution in [0.1, 0.15) is 15.9 Å². The Balaban J connectivity index is 2.12. The predicted molar refractivity (Wildman–Crippen MR) is 81.0 cm³/mol. The molecule has 1 N–H and O–H groups in total. The van der Waals surface area contributed by atoms with Gasteiger partial charge in [0, 0.05) is 5.56 Å². The van der Waals surface area contributed by atoms with Gasteiger partial charge in [0.2, 0.25) is 0 Å². The number of ketones is 1.